The number of fused-ring (bicyclic) bond motifs is 2. The maximum Gasteiger partial charge on any atom is 0.224 e. The number of para-hydroxylation sites is 1. The van der Waals surface area contributed by atoms with E-state index in [0.29, 0.717) is 17.2 Å². The molecule has 0 saturated carbocycles. The Morgan fingerprint density at radius 1 is 1.20 bits per heavy atom. The molecule has 2 heterocycles. The van der Waals surface area contributed by atoms with Gasteiger partial charge in [0.05, 0.1) is 12.7 Å². The first-order valence-corrected chi connectivity index (χ1v) is 7.75. The summed E-state index contributed by atoms with van der Waals surface area (Å²) in [6, 6.07) is 7.60. The van der Waals surface area contributed by atoms with Crippen molar-refractivity contribution >= 4 is 5.57 Å². The summed E-state index contributed by atoms with van der Waals surface area (Å²) in [6.07, 6.45) is 7.07. The molecule has 1 aromatic carbocycles. The van der Waals surface area contributed by atoms with Crippen LogP contribution >= 0.6 is 0 Å². The number of benzene rings is 1. The minimum absolute atomic E-state index is 0.0263. The lowest BCUT2D eigenvalue weighted by molar-refractivity contribution is -0.00288. The molecule has 0 fully saturated rings. The molecule has 2 aromatic rings. The molecule has 0 spiro atoms. The van der Waals surface area contributed by atoms with Gasteiger partial charge in [-0.2, -0.15) is 0 Å². The van der Waals surface area contributed by atoms with Gasteiger partial charge < -0.3 is 14.2 Å². The molecule has 1 atom stereocenters. The van der Waals surface area contributed by atoms with Crippen LogP contribution in [0, 0.1) is 0 Å². The van der Waals surface area contributed by atoms with Crippen molar-refractivity contribution in [2.45, 2.75) is 6.10 Å². The molecule has 0 N–H and O–H groups in total. The minimum Gasteiger partial charge on any atom is -0.480 e. The maximum absolute atomic E-state index is 13.7. The van der Waals surface area contributed by atoms with E-state index in [9.17, 15) is 4.39 Å². The number of aromatic nitrogens is 2. The van der Waals surface area contributed by atoms with Crippen LogP contribution < -0.4 is 9.47 Å². The Labute approximate surface area is 144 Å². The van der Waals surface area contributed by atoms with Crippen molar-refractivity contribution in [2.24, 2.45) is 0 Å². The summed E-state index contributed by atoms with van der Waals surface area (Å²) in [7, 11) is 1.55. The lowest BCUT2D eigenvalue weighted by Crippen LogP contribution is -2.22. The zero-order valence-electron chi connectivity index (χ0n) is 13.5. The van der Waals surface area contributed by atoms with Gasteiger partial charge in [0, 0.05) is 17.3 Å². The molecule has 0 bridgehead atoms. The largest absolute Gasteiger partial charge is 0.480 e. The Hall–Kier alpha value is -2.99. The molecule has 0 radical (unpaired) electrons. The third-order valence-electron chi connectivity index (χ3n) is 4.08. The van der Waals surface area contributed by atoms with Crippen molar-refractivity contribution in [3.05, 3.63) is 77.5 Å². The van der Waals surface area contributed by atoms with Crippen LogP contribution in [-0.4, -0.2) is 30.0 Å². The first-order valence-electron chi connectivity index (χ1n) is 7.75. The maximum atomic E-state index is 13.7. The summed E-state index contributed by atoms with van der Waals surface area (Å²) in [5.41, 5.74) is 3.12. The Balaban J connectivity index is 2.03. The van der Waals surface area contributed by atoms with Crippen LogP contribution in [0.1, 0.15) is 11.1 Å². The highest BCUT2D eigenvalue weighted by atomic mass is 19.1. The second kappa shape index (κ2) is 6.49. The van der Waals surface area contributed by atoms with Crippen LogP contribution in [0.4, 0.5) is 4.39 Å². The van der Waals surface area contributed by atoms with E-state index in [1.165, 1.54) is 18.5 Å². The van der Waals surface area contributed by atoms with Crippen LogP contribution in [0.3, 0.4) is 0 Å². The van der Waals surface area contributed by atoms with Crippen molar-refractivity contribution in [3.63, 3.8) is 0 Å². The van der Waals surface area contributed by atoms with Gasteiger partial charge in [-0.15, -0.1) is 0 Å². The van der Waals surface area contributed by atoms with Crippen LogP contribution in [0.2, 0.25) is 0 Å². The van der Waals surface area contributed by atoms with Crippen molar-refractivity contribution in [3.8, 4) is 11.6 Å². The zero-order chi connectivity index (χ0) is 17.2. The molecule has 0 amide bonds. The quantitative estimate of drug-likeness (QED) is 0.839. The Morgan fingerprint density at radius 3 is 2.96 bits per heavy atom. The number of halogens is 1. The van der Waals surface area contributed by atoms with E-state index in [4.69, 9.17) is 14.2 Å². The fraction of sp³-hybridized carbons (Fsp3) is 0.158. The molecule has 1 aliphatic carbocycles. The number of hydrogen-bond acceptors (Lipinski definition) is 5. The average molecular weight is 338 g/mol. The highest BCUT2D eigenvalue weighted by Gasteiger charge is 2.27. The van der Waals surface area contributed by atoms with Gasteiger partial charge in [-0.05, 0) is 23.8 Å². The lowest BCUT2D eigenvalue weighted by atomic mass is 9.88. The molecule has 126 valence electrons. The Bertz CT molecular complexity index is 905. The van der Waals surface area contributed by atoms with E-state index in [-0.39, 0.29) is 12.6 Å². The number of methoxy groups -OCH3 is 1. The van der Waals surface area contributed by atoms with E-state index in [2.05, 4.69) is 9.97 Å². The third kappa shape index (κ3) is 2.81. The molecule has 5 nitrogen and oxygen atoms in total. The van der Waals surface area contributed by atoms with Crippen molar-refractivity contribution in [1.82, 2.24) is 9.97 Å². The highest BCUT2D eigenvalue weighted by Crippen LogP contribution is 2.40. The van der Waals surface area contributed by atoms with Crippen molar-refractivity contribution < 1.29 is 18.6 Å². The van der Waals surface area contributed by atoms with Gasteiger partial charge in [0.2, 0.25) is 5.88 Å². The predicted octanol–water partition coefficient (Wildman–Crippen LogP) is 3.45. The van der Waals surface area contributed by atoms with Gasteiger partial charge in [-0.25, -0.2) is 14.4 Å². The summed E-state index contributed by atoms with van der Waals surface area (Å²) in [5, 5.41) is 0. The van der Waals surface area contributed by atoms with Crippen LogP contribution in [0.5, 0.6) is 11.6 Å². The van der Waals surface area contributed by atoms with Crippen LogP contribution in [0.15, 0.2) is 66.4 Å². The molecule has 1 unspecified atom stereocenters. The van der Waals surface area contributed by atoms with Gasteiger partial charge in [-0.1, -0.05) is 24.3 Å². The third-order valence-corrected chi connectivity index (χ3v) is 4.08. The van der Waals surface area contributed by atoms with E-state index in [1.54, 1.807) is 19.4 Å². The molecule has 6 heteroatoms. The zero-order valence-corrected chi connectivity index (χ0v) is 13.5. The first-order chi connectivity index (χ1) is 12.3. The molecule has 0 saturated heterocycles. The van der Waals surface area contributed by atoms with Gasteiger partial charge >= 0.3 is 0 Å². The second-order valence-corrected chi connectivity index (χ2v) is 5.51. The summed E-state index contributed by atoms with van der Waals surface area (Å²) in [5.74, 6) is 0.742. The van der Waals surface area contributed by atoms with Crippen LogP contribution in [0.25, 0.3) is 5.57 Å². The van der Waals surface area contributed by atoms with Gasteiger partial charge in [0.15, 0.2) is 6.79 Å². The normalized spacial score (nSPS) is 22.0. The van der Waals surface area contributed by atoms with Crippen molar-refractivity contribution in [2.75, 3.05) is 13.9 Å². The van der Waals surface area contributed by atoms with E-state index >= 15 is 0 Å². The van der Waals surface area contributed by atoms with Gasteiger partial charge in [0.25, 0.3) is 0 Å². The number of hydrogen-bond donors (Lipinski definition) is 0. The average Bonchev–Trinajstić information content (AvgIpc) is 2.63. The topological polar surface area (TPSA) is 53.5 Å². The van der Waals surface area contributed by atoms with E-state index in [0.717, 1.165) is 16.7 Å². The monoisotopic (exact) mass is 338 g/mol. The lowest BCUT2D eigenvalue weighted by Gasteiger charge is -2.27. The molecular formula is C19H15FN2O3. The molecule has 2 aliphatic rings. The smallest absolute Gasteiger partial charge is 0.224 e. The number of nitrogens with zero attached hydrogens (tertiary/aromatic N) is 2. The van der Waals surface area contributed by atoms with E-state index in [1.807, 2.05) is 24.3 Å². The van der Waals surface area contributed by atoms with Crippen molar-refractivity contribution in [1.29, 1.82) is 0 Å². The highest BCUT2D eigenvalue weighted by molar-refractivity contribution is 5.88. The minimum atomic E-state index is -0.571. The SMILES string of the molecule is COc1ncncc1/C1=C2\C=CC(F)=CC2OCOc2ccccc21. The number of rotatable bonds is 2. The first kappa shape index (κ1) is 15.5. The van der Waals surface area contributed by atoms with Crippen LogP contribution in [-0.2, 0) is 4.74 Å². The molecule has 1 aromatic heterocycles. The summed E-state index contributed by atoms with van der Waals surface area (Å²) in [6.45, 7) is 0.0263. The summed E-state index contributed by atoms with van der Waals surface area (Å²) >= 11 is 0. The van der Waals surface area contributed by atoms with E-state index < -0.39 is 6.10 Å². The molecular weight excluding hydrogens is 323 g/mol. The Kier molecular flexibility index (Phi) is 4.03. The molecule has 1 aliphatic heterocycles. The van der Waals surface area contributed by atoms with Gasteiger partial charge in [0.1, 0.15) is 24.0 Å². The number of allylic oxidation sites excluding steroid dienone is 2. The second-order valence-electron chi connectivity index (χ2n) is 5.51. The number of ether oxygens (including phenoxy) is 3. The predicted molar refractivity (Wildman–Crippen MR) is 89.7 cm³/mol. The summed E-state index contributed by atoms with van der Waals surface area (Å²) in [4.78, 5) is 8.32. The Morgan fingerprint density at radius 2 is 2.08 bits per heavy atom. The standard InChI is InChI=1S/C19H15FN2O3/c1-23-19-15(9-21-10-22-19)18-13-4-2-3-5-16(13)24-11-25-17-8-12(20)6-7-14(17)18/h2-10,17H,11H2,1H3/b18-14+. The summed E-state index contributed by atoms with van der Waals surface area (Å²) < 4.78 is 30.6. The fourth-order valence-electron chi connectivity index (χ4n) is 3.00. The van der Waals surface area contributed by atoms with Gasteiger partial charge in [-0.3, -0.25) is 0 Å². The molecule has 4 rings (SSSR count). The molecule has 25 heavy (non-hydrogen) atoms. The fourth-order valence-corrected chi connectivity index (χ4v) is 3.00.